The Labute approximate surface area is 161 Å². The molecule has 0 bridgehead atoms. The largest absolute Gasteiger partial charge is 0.348 e. The van der Waals surface area contributed by atoms with Crippen molar-refractivity contribution in [1.82, 2.24) is 14.9 Å². The van der Waals surface area contributed by atoms with E-state index in [9.17, 15) is 9.59 Å². The van der Waals surface area contributed by atoms with Crippen LogP contribution in [0, 0.1) is 6.92 Å². The zero-order valence-corrected chi connectivity index (χ0v) is 15.5. The predicted octanol–water partition coefficient (Wildman–Crippen LogP) is 3.15. The minimum Gasteiger partial charge on any atom is -0.348 e. The van der Waals surface area contributed by atoms with Crippen molar-refractivity contribution in [3.05, 3.63) is 71.5 Å². The fraction of sp³-hybridized carbons (Fsp3) is 0.150. The van der Waals surface area contributed by atoms with Crippen molar-refractivity contribution in [1.29, 1.82) is 0 Å². The molecular weight excluding hydrogens is 360 g/mol. The van der Waals surface area contributed by atoms with E-state index in [1.807, 2.05) is 54.1 Å². The summed E-state index contributed by atoms with van der Waals surface area (Å²) in [5, 5.41) is 6.37. The zero-order chi connectivity index (χ0) is 18.8. The molecule has 0 radical (unpaired) electrons. The molecule has 0 aliphatic carbocycles. The lowest BCUT2D eigenvalue weighted by molar-refractivity contribution is -0.113. The Hall–Kier alpha value is -3.06. The molecule has 1 aliphatic rings. The normalized spacial score (nSPS) is 12.6. The van der Waals surface area contributed by atoms with Crippen molar-refractivity contribution in [3.8, 4) is 5.69 Å². The average Bonchev–Trinajstić information content (AvgIpc) is 3.27. The Balaban J connectivity index is 1.42. The van der Waals surface area contributed by atoms with Gasteiger partial charge in [-0.15, -0.1) is 0 Å². The highest BCUT2D eigenvalue weighted by Gasteiger charge is 2.19. The molecule has 0 unspecified atom stereocenters. The number of amides is 2. The second-order valence-electron chi connectivity index (χ2n) is 6.26. The van der Waals surface area contributed by atoms with E-state index in [-0.39, 0.29) is 17.6 Å². The number of nitrogens with zero attached hydrogens (tertiary/aromatic N) is 2. The molecule has 0 saturated heterocycles. The van der Waals surface area contributed by atoms with E-state index >= 15 is 0 Å². The Morgan fingerprint density at radius 3 is 3.00 bits per heavy atom. The molecule has 4 rings (SSSR count). The van der Waals surface area contributed by atoms with Gasteiger partial charge in [-0.3, -0.25) is 14.2 Å². The van der Waals surface area contributed by atoms with Gasteiger partial charge in [0.05, 0.1) is 11.4 Å². The number of thioether (sulfide) groups is 1. The number of rotatable bonds is 5. The number of nitrogens with one attached hydrogen (secondary N) is 2. The summed E-state index contributed by atoms with van der Waals surface area (Å²) in [7, 11) is 0. The maximum absolute atomic E-state index is 12.3. The third kappa shape index (κ3) is 3.59. The van der Waals surface area contributed by atoms with Crippen LogP contribution in [0.5, 0.6) is 0 Å². The van der Waals surface area contributed by atoms with E-state index in [1.54, 1.807) is 12.3 Å². The molecule has 1 aliphatic heterocycles. The SMILES string of the molecule is Cc1ccccc1-n1ccnc1SCC(=O)Nc1ccc2c(c1)C(=O)NC2. The summed E-state index contributed by atoms with van der Waals surface area (Å²) in [5.74, 6) is -0.0139. The van der Waals surface area contributed by atoms with Crippen LogP contribution in [0.15, 0.2) is 60.0 Å². The third-order valence-electron chi connectivity index (χ3n) is 4.39. The topological polar surface area (TPSA) is 76.0 Å². The van der Waals surface area contributed by atoms with Gasteiger partial charge in [0.2, 0.25) is 5.91 Å². The smallest absolute Gasteiger partial charge is 0.251 e. The fourth-order valence-corrected chi connectivity index (χ4v) is 3.80. The number of aromatic nitrogens is 2. The van der Waals surface area contributed by atoms with Crippen LogP contribution in [-0.2, 0) is 11.3 Å². The van der Waals surface area contributed by atoms with Crippen LogP contribution in [0.4, 0.5) is 5.69 Å². The predicted molar refractivity (Wildman–Crippen MR) is 105 cm³/mol. The van der Waals surface area contributed by atoms with Crippen molar-refractivity contribution in [2.24, 2.45) is 0 Å². The van der Waals surface area contributed by atoms with Crippen LogP contribution in [0.3, 0.4) is 0 Å². The molecule has 0 spiro atoms. The Morgan fingerprint density at radius 1 is 1.30 bits per heavy atom. The highest BCUT2D eigenvalue weighted by Crippen LogP contribution is 2.24. The monoisotopic (exact) mass is 378 g/mol. The molecule has 2 aromatic carbocycles. The van der Waals surface area contributed by atoms with Crippen molar-refractivity contribution in [2.45, 2.75) is 18.6 Å². The minimum absolute atomic E-state index is 0.101. The molecule has 2 amide bonds. The molecule has 3 aromatic rings. The molecule has 0 saturated carbocycles. The first-order valence-corrected chi connectivity index (χ1v) is 9.53. The van der Waals surface area contributed by atoms with Gasteiger partial charge >= 0.3 is 0 Å². The summed E-state index contributed by atoms with van der Waals surface area (Å²) in [6, 6.07) is 13.4. The van der Waals surface area contributed by atoms with Gasteiger partial charge in [0.25, 0.3) is 5.91 Å². The van der Waals surface area contributed by atoms with Gasteiger partial charge in [-0.05, 0) is 36.2 Å². The molecule has 7 heteroatoms. The maximum atomic E-state index is 12.3. The molecule has 2 heterocycles. The van der Waals surface area contributed by atoms with Crippen LogP contribution in [-0.4, -0.2) is 27.1 Å². The number of benzene rings is 2. The first kappa shape index (κ1) is 17.4. The Bertz CT molecular complexity index is 1030. The van der Waals surface area contributed by atoms with Gasteiger partial charge in [0.1, 0.15) is 0 Å². The summed E-state index contributed by atoms with van der Waals surface area (Å²) >= 11 is 1.37. The minimum atomic E-state index is -0.141. The lowest BCUT2D eigenvalue weighted by atomic mass is 10.1. The second-order valence-corrected chi connectivity index (χ2v) is 7.20. The number of carbonyl (C=O) groups is 2. The standard InChI is InChI=1S/C20H18N4O2S/c1-13-4-2-3-5-17(13)24-9-8-21-20(24)27-12-18(25)23-15-7-6-14-11-22-19(26)16(14)10-15/h2-10H,11-12H2,1H3,(H,22,26)(H,23,25). The number of hydrogen-bond acceptors (Lipinski definition) is 4. The van der Waals surface area contributed by atoms with Gasteiger partial charge in [-0.2, -0.15) is 0 Å². The molecule has 6 nitrogen and oxygen atoms in total. The van der Waals surface area contributed by atoms with Crippen molar-refractivity contribution >= 4 is 29.3 Å². The molecule has 136 valence electrons. The Morgan fingerprint density at radius 2 is 2.15 bits per heavy atom. The van der Waals surface area contributed by atoms with Crippen LogP contribution < -0.4 is 10.6 Å². The molecule has 0 atom stereocenters. The number of aryl methyl sites for hydroxylation is 1. The molecular formula is C20H18N4O2S. The van der Waals surface area contributed by atoms with E-state index in [1.165, 1.54) is 11.8 Å². The first-order chi connectivity index (χ1) is 13.1. The van der Waals surface area contributed by atoms with E-state index in [4.69, 9.17) is 0 Å². The van der Waals surface area contributed by atoms with Crippen molar-refractivity contribution < 1.29 is 9.59 Å². The number of imidazole rings is 1. The molecule has 2 N–H and O–H groups in total. The quantitative estimate of drug-likeness (QED) is 0.669. The number of carbonyl (C=O) groups excluding carboxylic acids is 2. The van der Waals surface area contributed by atoms with E-state index in [0.29, 0.717) is 17.8 Å². The van der Waals surface area contributed by atoms with Gasteiger partial charge in [0.15, 0.2) is 5.16 Å². The Kier molecular flexibility index (Phi) is 4.68. The summed E-state index contributed by atoms with van der Waals surface area (Å²) in [4.78, 5) is 28.4. The number of hydrogen-bond donors (Lipinski definition) is 2. The number of para-hydroxylation sites is 1. The van der Waals surface area contributed by atoms with Gasteiger partial charge in [0, 0.05) is 30.2 Å². The van der Waals surface area contributed by atoms with Crippen LogP contribution in [0.25, 0.3) is 5.69 Å². The summed E-state index contributed by atoms with van der Waals surface area (Å²) in [6.45, 7) is 2.58. The summed E-state index contributed by atoms with van der Waals surface area (Å²) in [5.41, 5.74) is 4.38. The van der Waals surface area contributed by atoms with Crippen LogP contribution in [0.2, 0.25) is 0 Å². The summed E-state index contributed by atoms with van der Waals surface area (Å²) in [6.07, 6.45) is 3.62. The number of fused-ring (bicyclic) bond motifs is 1. The average molecular weight is 378 g/mol. The molecule has 27 heavy (non-hydrogen) atoms. The third-order valence-corrected chi connectivity index (χ3v) is 5.36. The van der Waals surface area contributed by atoms with Crippen molar-refractivity contribution in [2.75, 3.05) is 11.1 Å². The van der Waals surface area contributed by atoms with Crippen molar-refractivity contribution in [3.63, 3.8) is 0 Å². The second kappa shape index (κ2) is 7.28. The lowest BCUT2D eigenvalue weighted by Gasteiger charge is -2.10. The highest BCUT2D eigenvalue weighted by molar-refractivity contribution is 7.99. The van der Waals surface area contributed by atoms with E-state index < -0.39 is 0 Å². The zero-order valence-electron chi connectivity index (χ0n) is 14.7. The van der Waals surface area contributed by atoms with Gasteiger partial charge in [-0.25, -0.2) is 4.98 Å². The summed E-state index contributed by atoms with van der Waals surface area (Å²) < 4.78 is 1.98. The maximum Gasteiger partial charge on any atom is 0.251 e. The van der Waals surface area contributed by atoms with E-state index in [0.717, 1.165) is 22.0 Å². The molecule has 1 aromatic heterocycles. The van der Waals surface area contributed by atoms with Gasteiger partial charge < -0.3 is 10.6 Å². The fourth-order valence-electron chi connectivity index (χ4n) is 3.03. The van der Waals surface area contributed by atoms with Gasteiger partial charge in [-0.1, -0.05) is 36.0 Å². The number of anilines is 1. The first-order valence-electron chi connectivity index (χ1n) is 8.55. The van der Waals surface area contributed by atoms with E-state index in [2.05, 4.69) is 15.6 Å². The highest BCUT2D eigenvalue weighted by atomic mass is 32.2. The lowest BCUT2D eigenvalue weighted by Crippen LogP contribution is -2.15. The van der Waals surface area contributed by atoms with Crippen LogP contribution >= 0.6 is 11.8 Å². The van der Waals surface area contributed by atoms with Crippen LogP contribution in [0.1, 0.15) is 21.5 Å². The molecule has 0 fully saturated rings.